The Kier molecular flexibility index (Phi) is 4.51. The summed E-state index contributed by atoms with van der Waals surface area (Å²) < 4.78 is 0. The predicted octanol–water partition coefficient (Wildman–Crippen LogP) is 2.56. The van der Waals surface area contributed by atoms with Crippen LogP contribution in [0.4, 0.5) is 0 Å². The zero-order valence-electron chi connectivity index (χ0n) is 11.0. The van der Waals surface area contributed by atoms with Gasteiger partial charge in [0, 0.05) is 0 Å². The average molecular weight is 221 g/mol. The Morgan fingerprint density at radius 3 is 2.06 bits per heavy atom. The standard InChI is InChI=1S/C14H23NO/c1-9-8-10(2)12(4)14(11(9)3)13(16)6-7-15-5/h8,13,15-16H,6-7H2,1-5H3. The largest absolute Gasteiger partial charge is 0.388 e. The van der Waals surface area contributed by atoms with Gasteiger partial charge in [0.15, 0.2) is 0 Å². The van der Waals surface area contributed by atoms with Crippen LogP contribution in [0.1, 0.15) is 40.3 Å². The van der Waals surface area contributed by atoms with Crippen molar-refractivity contribution in [2.24, 2.45) is 0 Å². The Morgan fingerprint density at radius 1 is 1.12 bits per heavy atom. The number of benzene rings is 1. The highest BCUT2D eigenvalue weighted by molar-refractivity contribution is 5.45. The Balaban J connectivity index is 3.11. The molecule has 0 radical (unpaired) electrons. The maximum Gasteiger partial charge on any atom is 0.0807 e. The maximum absolute atomic E-state index is 10.2. The molecule has 1 unspecified atom stereocenters. The minimum Gasteiger partial charge on any atom is -0.388 e. The molecule has 0 aromatic heterocycles. The highest BCUT2D eigenvalue weighted by Crippen LogP contribution is 2.28. The van der Waals surface area contributed by atoms with Crippen LogP contribution in [0, 0.1) is 27.7 Å². The molecule has 2 N–H and O–H groups in total. The minimum absolute atomic E-state index is 0.356. The summed E-state index contributed by atoms with van der Waals surface area (Å²) in [4.78, 5) is 0. The molecule has 1 atom stereocenters. The van der Waals surface area contributed by atoms with Crippen molar-refractivity contribution in [1.82, 2.24) is 5.32 Å². The van der Waals surface area contributed by atoms with Gasteiger partial charge in [-0.05, 0) is 75.5 Å². The van der Waals surface area contributed by atoms with Gasteiger partial charge in [-0.3, -0.25) is 0 Å². The number of hydrogen-bond donors (Lipinski definition) is 2. The third-order valence-electron chi connectivity index (χ3n) is 3.43. The summed E-state index contributed by atoms with van der Waals surface area (Å²) >= 11 is 0. The molecular formula is C14H23NO. The van der Waals surface area contributed by atoms with Gasteiger partial charge in [-0.25, -0.2) is 0 Å². The van der Waals surface area contributed by atoms with Crippen LogP contribution < -0.4 is 5.32 Å². The van der Waals surface area contributed by atoms with E-state index in [0.29, 0.717) is 0 Å². The number of nitrogens with one attached hydrogen (secondary N) is 1. The van der Waals surface area contributed by atoms with Crippen LogP contribution in [0.25, 0.3) is 0 Å². The molecule has 2 heteroatoms. The molecule has 0 fully saturated rings. The molecule has 0 saturated heterocycles. The summed E-state index contributed by atoms with van der Waals surface area (Å²) in [5.74, 6) is 0. The maximum atomic E-state index is 10.2. The molecule has 1 rings (SSSR count). The molecule has 0 saturated carbocycles. The summed E-state index contributed by atoms with van der Waals surface area (Å²) in [5, 5.41) is 13.3. The highest BCUT2D eigenvalue weighted by atomic mass is 16.3. The van der Waals surface area contributed by atoms with Crippen molar-refractivity contribution in [3.8, 4) is 0 Å². The third-order valence-corrected chi connectivity index (χ3v) is 3.43. The monoisotopic (exact) mass is 221 g/mol. The summed E-state index contributed by atoms with van der Waals surface area (Å²) in [7, 11) is 1.91. The van der Waals surface area contributed by atoms with E-state index in [-0.39, 0.29) is 6.10 Å². The normalized spacial score (nSPS) is 12.9. The lowest BCUT2D eigenvalue weighted by Crippen LogP contribution is -2.14. The molecule has 0 heterocycles. The van der Waals surface area contributed by atoms with Crippen LogP contribution in [-0.4, -0.2) is 18.7 Å². The fourth-order valence-corrected chi connectivity index (χ4v) is 2.17. The number of aryl methyl sites for hydroxylation is 2. The van der Waals surface area contributed by atoms with Crippen molar-refractivity contribution in [3.05, 3.63) is 33.9 Å². The van der Waals surface area contributed by atoms with E-state index < -0.39 is 0 Å². The number of hydrogen-bond acceptors (Lipinski definition) is 2. The average Bonchev–Trinajstić information content (AvgIpc) is 2.24. The molecule has 0 aliphatic rings. The minimum atomic E-state index is -0.356. The second-order valence-corrected chi connectivity index (χ2v) is 4.58. The van der Waals surface area contributed by atoms with Gasteiger partial charge >= 0.3 is 0 Å². The quantitative estimate of drug-likeness (QED) is 0.819. The van der Waals surface area contributed by atoms with Crippen molar-refractivity contribution in [2.45, 2.75) is 40.2 Å². The third kappa shape index (κ3) is 2.63. The van der Waals surface area contributed by atoms with E-state index in [1.807, 2.05) is 7.05 Å². The van der Waals surface area contributed by atoms with E-state index in [9.17, 15) is 5.11 Å². The Hall–Kier alpha value is -0.860. The van der Waals surface area contributed by atoms with Crippen molar-refractivity contribution < 1.29 is 5.11 Å². The molecule has 0 amide bonds. The lowest BCUT2D eigenvalue weighted by atomic mass is 9.90. The zero-order chi connectivity index (χ0) is 12.3. The Morgan fingerprint density at radius 2 is 1.62 bits per heavy atom. The topological polar surface area (TPSA) is 32.3 Å². The van der Waals surface area contributed by atoms with Crippen molar-refractivity contribution >= 4 is 0 Å². The molecule has 0 spiro atoms. The molecule has 2 nitrogen and oxygen atoms in total. The van der Waals surface area contributed by atoms with Gasteiger partial charge < -0.3 is 10.4 Å². The molecule has 90 valence electrons. The van der Waals surface area contributed by atoms with Crippen molar-refractivity contribution in [3.63, 3.8) is 0 Å². The predicted molar refractivity (Wildman–Crippen MR) is 68.9 cm³/mol. The van der Waals surface area contributed by atoms with Gasteiger partial charge in [0.05, 0.1) is 6.10 Å². The smallest absolute Gasteiger partial charge is 0.0807 e. The van der Waals surface area contributed by atoms with Crippen LogP contribution in [-0.2, 0) is 0 Å². The van der Waals surface area contributed by atoms with Gasteiger partial charge in [-0.15, -0.1) is 0 Å². The molecule has 16 heavy (non-hydrogen) atoms. The number of aliphatic hydroxyl groups excluding tert-OH is 1. The van der Waals surface area contributed by atoms with Crippen LogP contribution in [0.15, 0.2) is 6.07 Å². The molecule has 1 aromatic carbocycles. The number of aliphatic hydroxyl groups is 1. The first-order chi connectivity index (χ1) is 7.49. The first-order valence-electron chi connectivity index (χ1n) is 5.89. The zero-order valence-corrected chi connectivity index (χ0v) is 11.0. The van der Waals surface area contributed by atoms with E-state index in [0.717, 1.165) is 18.5 Å². The van der Waals surface area contributed by atoms with Crippen molar-refractivity contribution in [1.29, 1.82) is 0 Å². The van der Waals surface area contributed by atoms with Gasteiger partial charge in [-0.1, -0.05) is 6.07 Å². The summed E-state index contributed by atoms with van der Waals surface area (Å²) in [5.41, 5.74) is 6.11. The molecule has 0 aliphatic carbocycles. The second kappa shape index (κ2) is 5.46. The molecule has 1 aromatic rings. The lowest BCUT2D eigenvalue weighted by molar-refractivity contribution is 0.166. The van der Waals surface area contributed by atoms with E-state index >= 15 is 0 Å². The van der Waals surface area contributed by atoms with Gasteiger partial charge in [-0.2, -0.15) is 0 Å². The second-order valence-electron chi connectivity index (χ2n) is 4.58. The van der Waals surface area contributed by atoms with Crippen molar-refractivity contribution in [2.75, 3.05) is 13.6 Å². The summed E-state index contributed by atoms with van der Waals surface area (Å²) in [6.45, 7) is 9.25. The molecular weight excluding hydrogens is 198 g/mol. The highest BCUT2D eigenvalue weighted by Gasteiger charge is 2.15. The van der Waals surface area contributed by atoms with Gasteiger partial charge in [0.2, 0.25) is 0 Å². The van der Waals surface area contributed by atoms with E-state index in [1.54, 1.807) is 0 Å². The van der Waals surface area contributed by atoms with E-state index in [4.69, 9.17) is 0 Å². The molecule has 0 bridgehead atoms. The fraction of sp³-hybridized carbons (Fsp3) is 0.571. The van der Waals surface area contributed by atoms with Gasteiger partial charge in [0.25, 0.3) is 0 Å². The molecule has 0 aliphatic heterocycles. The first kappa shape index (κ1) is 13.2. The lowest BCUT2D eigenvalue weighted by Gasteiger charge is -2.20. The fourth-order valence-electron chi connectivity index (χ4n) is 2.17. The first-order valence-corrected chi connectivity index (χ1v) is 5.89. The summed E-state index contributed by atoms with van der Waals surface area (Å²) in [6, 6.07) is 2.19. The SMILES string of the molecule is CNCCC(O)c1c(C)c(C)cc(C)c1C. The van der Waals surface area contributed by atoms with Crippen LogP contribution >= 0.6 is 0 Å². The Labute approximate surface area is 98.7 Å². The van der Waals surface area contributed by atoms with Crippen LogP contribution in [0.5, 0.6) is 0 Å². The summed E-state index contributed by atoms with van der Waals surface area (Å²) in [6.07, 6.45) is 0.409. The Bertz CT molecular complexity index is 345. The van der Waals surface area contributed by atoms with Crippen LogP contribution in [0.2, 0.25) is 0 Å². The van der Waals surface area contributed by atoms with Crippen LogP contribution in [0.3, 0.4) is 0 Å². The number of rotatable bonds is 4. The van der Waals surface area contributed by atoms with E-state index in [1.165, 1.54) is 22.3 Å². The van der Waals surface area contributed by atoms with E-state index in [2.05, 4.69) is 39.1 Å². The van der Waals surface area contributed by atoms with Gasteiger partial charge in [0.1, 0.15) is 0 Å².